The second-order valence-corrected chi connectivity index (χ2v) is 1.67. The summed E-state index contributed by atoms with van der Waals surface area (Å²) in [6.07, 6.45) is 2.49. The zero-order valence-corrected chi connectivity index (χ0v) is 4.56. The van der Waals surface area contributed by atoms with Gasteiger partial charge in [-0.25, -0.2) is 0 Å². The predicted molar refractivity (Wildman–Crippen MR) is 31.6 cm³/mol. The zero-order chi connectivity index (χ0) is 6.10. The minimum atomic E-state index is 0.664. The Bertz CT molecular complexity index is 279. The van der Waals surface area contributed by atoms with Crippen molar-refractivity contribution in [1.82, 2.24) is 0 Å². The quantitative estimate of drug-likeness (QED) is 0.507. The highest BCUT2D eigenvalue weighted by atomic mass is 16.3. The van der Waals surface area contributed by atoms with E-state index in [9.17, 15) is 0 Å². The lowest BCUT2D eigenvalue weighted by molar-refractivity contribution is 0.615. The van der Waals surface area contributed by atoms with Crippen molar-refractivity contribution in [3.05, 3.63) is 36.6 Å². The predicted octanol–water partition coefficient (Wildman–Crippen LogP) is 1.63. The van der Waals surface area contributed by atoms with E-state index in [4.69, 9.17) is 4.42 Å². The van der Waals surface area contributed by atoms with Crippen LogP contribution in [0, 0.1) is 24.5 Å². The molecule has 2 aromatic rings. The van der Waals surface area contributed by atoms with Gasteiger partial charge in [-0.3, -0.25) is 0 Å². The molecular formula is C8H2O. The topological polar surface area (TPSA) is 13.1 Å². The highest BCUT2D eigenvalue weighted by Crippen LogP contribution is 2.04. The van der Waals surface area contributed by atoms with Crippen LogP contribution >= 0.6 is 0 Å². The van der Waals surface area contributed by atoms with E-state index in [1.807, 2.05) is 6.07 Å². The van der Waals surface area contributed by atoms with Crippen LogP contribution in [-0.2, 0) is 0 Å². The average Bonchev–Trinajstić information content (AvgIpc) is 2.33. The Labute approximate surface area is 52.9 Å². The van der Waals surface area contributed by atoms with Crippen molar-refractivity contribution in [3.8, 4) is 0 Å². The molecule has 1 aromatic heterocycles. The number of hydrogen-bond acceptors (Lipinski definition) is 1. The first-order valence-corrected chi connectivity index (χ1v) is 2.57. The summed E-state index contributed by atoms with van der Waals surface area (Å²) in [6, 6.07) is 11.9. The summed E-state index contributed by atoms with van der Waals surface area (Å²) in [6.45, 7) is 0. The molecule has 40 valence electrons. The molecule has 0 amide bonds. The fraction of sp³-hybridized carbons (Fsp3) is 0. The standard InChI is InChI=1S/C8H2O/c1-2-4-8-7(3-1)5-6-9-8/h1,3H. The van der Waals surface area contributed by atoms with Crippen molar-refractivity contribution in [2.45, 2.75) is 0 Å². The summed E-state index contributed by atoms with van der Waals surface area (Å²) in [7, 11) is 0. The van der Waals surface area contributed by atoms with Crippen molar-refractivity contribution in [3.63, 3.8) is 0 Å². The molecule has 0 spiro atoms. The number of rotatable bonds is 0. The third-order valence-electron chi connectivity index (χ3n) is 1.10. The molecular weight excluding hydrogens is 112 g/mol. The monoisotopic (exact) mass is 114 g/mol. The van der Waals surface area contributed by atoms with Crippen molar-refractivity contribution in [2.75, 3.05) is 0 Å². The normalized spacial score (nSPS) is 8.44. The largest absolute Gasteiger partial charge is 0.397 e. The summed E-state index contributed by atoms with van der Waals surface area (Å²) in [4.78, 5) is 0. The molecule has 0 atom stereocenters. The van der Waals surface area contributed by atoms with Crippen LogP contribution in [0.3, 0.4) is 0 Å². The lowest BCUT2D eigenvalue weighted by Gasteiger charge is -1.73. The smallest absolute Gasteiger partial charge is 0.206 e. The first kappa shape index (κ1) is 4.30. The molecule has 0 bridgehead atoms. The summed E-state index contributed by atoms with van der Waals surface area (Å²) in [5, 5.41) is 0.897. The lowest BCUT2D eigenvalue weighted by atomic mass is 10.3. The Morgan fingerprint density at radius 3 is 3.22 bits per heavy atom. The molecule has 0 saturated heterocycles. The third kappa shape index (κ3) is 0.522. The molecule has 0 unspecified atom stereocenters. The molecule has 9 heavy (non-hydrogen) atoms. The van der Waals surface area contributed by atoms with Gasteiger partial charge in [-0.2, -0.15) is 0 Å². The van der Waals surface area contributed by atoms with E-state index >= 15 is 0 Å². The average molecular weight is 114 g/mol. The molecule has 0 fully saturated rings. The van der Waals surface area contributed by atoms with Crippen LogP contribution < -0.4 is 0 Å². The molecule has 1 nitrogen and oxygen atoms in total. The molecule has 0 aliphatic rings. The Morgan fingerprint density at radius 2 is 2.33 bits per heavy atom. The van der Waals surface area contributed by atoms with E-state index < -0.39 is 0 Å². The van der Waals surface area contributed by atoms with Gasteiger partial charge >= 0.3 is 0 Å². The second kappa shape index (κ2) is 1.44. The van der Waals surface area contributed by atoms with Gasteiger partial charge in [0.1, 0.15) is 6.26 Å². The van der Waals surface area contributed by atoms with Gasteiger partial charge in [0.05, 0.1) is 5.39 Å². The van der Waals surface area contributed by atoms with Crippen molar-refractivity contribution < 1.29 is 4.42 Å². The lowest BCUT2D eigenvalue weighted by Crippen LogP contribution is -1.54. The van der Waals surface area contributed by atoms with Crippen LogP contribution in [0.5, 0.6) is 0 Å². The third-order valence-corrected chi connectivity index (χ3v) is 1.10. The van der Waals surface area contributed by atoms with Gasteiger partial charge < -0.3 is 4.42 Å². The molecule has 0 aliphatic heterocycles. The fourth-order valence-electron chi connectivity index (χ4n) is 0.686. The highest BCUT2D eigenvalue weighted by molar-refractivity contribution is 5.72. The maximum Gasteiger partial charge on any atom is 0.206 e. The fourth-order valence-corrected chi connectivity index (χ4v) is 0.686. The van der Waals surface area contributed by atoms with E-state index in [1.165, 1.54) is 0 Å². The molecule has 0 aliphatic carbocycles. The van der Waals surface area contributed by atoms with Gasteiger partial charge in [-0.1, -0.05) is 6.07 Å². The van der Waals surface area contributed by atoms with Gasteiger partial charge in [0.25, 0.3) is 0 Å². The van der Waals surface area contributed by atoms with Crippen molar-refractivity contribution in [2.24, 2.45) is 0 Å². The van der Waals surface area contributed by atoms with Gasteiger partial charge in [0, 0.05) is 0 Å². The number of fused-ring (bicyclic) bond motifs is 1. The maximum atomic E-state index is 4.85. The Hall–Kier alpha value is -1.60. The van der Waals surface area contributed by atoms with Gasteiger partial charge in [0.2, 0.25) is 5.58 Å². The van der Waals surface area contributed by atoms with Gasteiger partial charge in [-0.15, -0.1) is 0 Å². The van der Waals surface area contributed by atoms with E-state index in [1.54, 1.807) is 6.07 Å². The van der Waals surface area contributed by atoms with Crippen LogP contribution in [0.25, 0.3) is 11.0 Å². The van der Waals surface area contributed by atoms with Gasteiger partial charge in [0.15, 0.2) is 0 Å². The van der Waals surface area contributed by atoms with E-state index in [0.29, 0.717) is 5.58 Å². The van der Waals surface area contributed by atoms with E-state index in [2.05, 4.69) is 24.5 Å². The number of hydrogen-bond donors (Lipinski definition) is 0. The summed E-state index contributed by atoms with van der Waals surface area (Å²) in [5.74, 6) is 0. The van der Waals surface area contributed by atoms with Gasteiger partial charge in [-0.05, 0) is 24.3 Å². The van der Waals surface area contributed by atoms with Crippen molar-refractivity contribution >= 4 is 11.0 Å². The second-order valence-electron chi connectivity index (χ2n) is 1.67. The Morgan fingerprint density at radius 1 is 1.33 bits per heavy atom. The Balaban J connectivity index is 2.95. The minimum Gasteiger partial charge on any atom is -0.397 e. The molecule has 0 N–H and O–H groups in total. The SMILES string of the molecule is c1ccc2c#coc2c#1. The molecule has 1 heterocycles. The summed E-state index contributed by atoms with van der Waals surface area (Å²) in [5.41, 5.74) is 0.664. The molecule has 1 aromatic carbocycles. The summed E-state index contributed by atoms with van der Waals surface area (Å²) >= 11 is 0. The maximum absolute atomic E-state index is 4.85. The zero-order valence-electron chi connectivity index (χ0n) is 4.56. The van der Waals surface area contributed by atoms with Crippen LogP contribution in [0.15, 0.2) is 16.5 Å². The van der Waals surface area contributed by atoms with Crippen LogP contribution in [-0.4, -0.2) is 0 Å². The summed E-state index contributed by atoms with van der Waals surface area (Å²) < 4.78 is 4.85. The van der Waals surface area contributed by atoms with Crippen LogP contribution in [0.1, 0.15) is 0 Å². The molecule has 1 heteroatoms. The van der Waals surface area contributed by atoms with Crippen LogP contribution in [0.2, 0.25) is 0 Å². The van der Waals surface area contributed by atoms with E-state index in [-0.39, 0.29) is 0 Å². The molecule has 0 saturated carbocycles. The Kier molecular flexibility index (Phi) is 0.685. The first-order chi connectivity index (χ1) is 4.47. The van der Waals surface area contributed by atoms with Crippen molar-refractivity contribution in [1.29, 1.82) is 0 Å². The first-order valence-electron chi connectivity index (χ1n) is 2.57. The minimum absolute atomic E-state index is 0.664. The van der Waals surface area contributed by atoms with Crippen LogP contribution in [0.4, 0.5) is 0 Å². The highest BCUT2D eigenvalue weighted by Gasteiger charge is 1.87. The molecule has 2 rings (SSSR count). The van der Waals surface area contributed by atoms with E-state index in [0.717, 1.165) is 5.39 Å². The molecule has 0 radical (unpaired) electrons.